The van der Waals surface area contributed by atoms with Crippen LogP contribution >= 0.6 is 11.5 Å². The van der Waals surface area contributed by atoms with Gasteiger partial charge in [0.1, 0.15) is 10.8 Å². The lowest BCUT2D eigenvalue weighted by Crippen LogP contribution is -2.03. The minimum absolute atomic E-state index is 0.704. The molecule has 4 heteroatoms. The Bertz CT molecular complexity index is 339. The van der Waals surface area contributed by atoms with Crippen LogP contribution in [0.1, 0.15) is 37.2 Å². The molecule has 0 unspecified atom stereocenters. The molecule has 2 saturated carbocycles. The minimum Gasteiger partial charge on any atom is -0.383 e. The van der Waals surface area contributed by atoms with Crippen molar-refractivity contribution >= 4 is 22.4 Å². The Hall–Kier alpha value is -0.770. The number of nitrogens with two attached hydrogens (primary N) is 1. The van der Waals surface area contributed by atoms with Gasteiger partial charge >= 0.3 is 0 Å². The largest absolute Gasteiger partial charge is 0.383 e. The fourth-order valence-electron chi connectivity index (χ4n) is 1.76. The maximum atomic E-state index is 5.86. The molecule has 0 aromatic carbocycles. The van der Waals surface area contributed by atoms with Gasteiger partial charge in [0.05, 0.1) is 0 Å². The van der Waals surface area contributed by atoms with Gasteiger partial charge in [0.2, 0.25) is 0 Å². The van der Waals surface area contributed by atoms with Gasteiger partial charge in [-0.15, -0.1) is 0 Å². The Morgan fingerprint density at radius 2 is 2.14 bits per heavy atom. The summed E-state index contributed by atoms with van der Waals surface area (Å²) in [7, 11) is 0. The minimum atomic E-state index is 0.704. The fourth-order valence-corrected chi connectivity index (χ4v) is 2.57. The molecule has 1 aromatic heterocycles. The van der Waals surface area contributed by atoms with Gasteiger partial charge < -0.3 is 11.1 Å². The van der Waals surface area contributed by atoms with Crippen molar-refractivity contribution in [3.8, 4) is 0 Å². The summed E-state index contributed by atoms with van der Waals surface area (Å²) in [6.07, 6.45) is 5.36. The Labute approximate surface area is 87.9 Å². The van der Waals surface area contributed by atoms with Crippen molar-refractivity contribution in [2.24, 2.45) is 5.92 Å². The third-order valence-electron chi connectivity index (χ3n) is 2.99. The maximum absolute atomic E-state index is 5.86. The fraction of sp³-hybridized carbons (Fsp3) is 0.700. The SMILES string of the molecule is Nc1nsc(NCC2CC2)c1C1CC1. The first kappa shape index (κ1) is 8.53. The van der Waals surface area contributed by atoms with Crippen molar-refractivity contribution in [2.75, 3.05) is 17.6 Å². The number of hydrogen-bond acceptors (Lipinski definition) is 4. The van der Waals surface area contributed by atoms with Crippen molar-refractivity contribution in [2.45, 2.75) is 31.6 Å². The second-order valence-electron chi connectivity index (χ2n) is 4.41. The Morgan fingerprint density at radius 1 is 1.36 bits per heavy atom. The lowest BCUT2D eigenvalue weighted by Gasteiger charge is -2.04. The molecule has 1 heterocycles. The van der Waals surface area contributed by atoms with Crippen molar-refractivity contribution in [1.82, 2.24) is 4.37 Å². The van der Waals surface area contributed by atoms with Crippen molar-refractivity contribution in [3.63, 3.8) is 0 Å². The monoisotopic (exact) mass is 209 g/mol. The second kappa shape index (κ2) is 3.12. The molecular formula is C10H15N3S. The summed E-state index contributed by atoms with van der Waals surface area (Å²) in [5, 5.41) is 4.73. The van der Waals surface area contributed by atoms with Gasteiger partial charge in [-0.05, 0) is 49.1 Å². The molecule has 2 aliphatic rings. The van der Waals surface area contributed by atoms with Crippen LogP contribution in [0.3, 0.4) is 0 Å². The van der Waals surface area contributed by atoms with E-state index in [-0.39, 0.29) is 0 Å². The number of rotatable bonds is 4. The van der Waals surface area contributed by atoms with Crippen LogP contribution in [0.15, 0.2) is 0 Å². The quantitative estimate of drug-likeness (QED) is 0.800. The smallest absolute Gasteiger partial charge is 0.142 e. The van der Waals surface area contributed by atoms with E-state index in [1.807, 2.05) is 0 Å². The van der Waals surface area contributed by atoms with E-state index in [2.05, 4.69) is 9.69 Å². The molecule has 0 spiro atoms. The first-order chi connectivity index (χ1) is 6.84. The molecule has 0 radical (unpaired) electrons. The van der Waals surface area contributed by atoms with E-state index in [0.717, 1.165) is 18.3 Å². The van der Waals surface area contributed by atoms with Crippen LogP contribution in [0.25, 0.3) is 0 Å². The van der Waals surface area contributed by atoms with E-state index in [0.29, 0.717) is 5.92 Å². The number of anilines is 2. The Balaban J connectivity index is 1.74. The highest BCUT2D eigenvalue weighted by molar-refractivity contribution is 7.10. The lowest BCUT2D eigenvalue weighted by molar-refractivity contribution is 0.889. The average molecular weight is 209 g/mol. The first-order valence-corrected chi connectivity index (χ1v) is 6.11. The molecule has 0 amide bonds. The average Bonchev–Trinajstić information content (AvgIpc) is 3.05. The molecule has 0 saturated heterocycles. The van der Waals surface area contributed by atoms with Gasteiger partial charge in [0.25, 0.3) is 0 Å². The summed E-state index contributed by atoms with van der Waals surface area (Å²) in [6.45, 7) is 1.11. The number of aromatic nitrogens is 1. The summed E-state index contributed by atoms with van der Waals surface area (Å²) in [4.78, 5) is 0. The first-order valence-electron chi connectivity index (χ1n) is 5.33. The highest BCUT2D eigenvalue weighted by atomic mass is 32.1. The van der Waals surface area contributed by atoms with Crippen LogP contribution in [0.4, 0.5) is 10.8 Å². The molecule has 14 heavy (non-hydrogen) atoms. The molecule has 76 valence electrons. The van der Waals surface area contributed by atoms with Crippen LogP contribution in [-0.2, 0) is 0 Å². The van der Waals surface area contributed by atoms with Crippen LogP contribution in [0.2, 0.25) is 0 Å². The summed E-state index contributed by atoms with van der Waals surface area (Å²) >= 11 is 1.53. The zero-order valence-electron chi connectivity index (χ0n) is 8.12. The van der Waals surface area contributed by atoms with Crippen LogP contribution in [-0.4, -0.2) is 10.9 Å². The molecule has 2 aliphatic carbocycles. The highest BCUT2D eigenvalue weighted by Gasteiger charge is 2.31. The molecule has 0 aliphatic heterocycles. The molecular weight excluding hydrogens is 194 g/mol. The summed E-state index contributed by atoms with van der Waals surface area (Å²) < 4.78 is 4.23. The lowest BCUT2D eigenvalue weighted by atomic mass is 10.2. The third kappa shape index (κ3) is 1.59. The van der Waals surface area contributed by atoms with Crippen molar-refractivity contribution < 1.29 is 0 Å². The van der Waals surface area contributed by atoms with Crippen LogP contribution < -0.4 is 11.1 Å². The maximum Gasteiger partial charge on any atom is 0.142 e. The predicted molar refractivity (Wildman–Crippen MR) is 59.7 cm³/mol. The number of nitrogen functional groups attached to an aromatic ring is 1. The number of nitrogens with zero attached hydrogens (tertiary/aromatic N) is 1. The molecule has 0 bridgehead atoms. The van der Waals surface area contributed by atoms with Gasteiger partial charge in [-0.2, -0.15) is 4.37 Å². The predicted octanol–water partition coefficient (Wildman–Crippen LogP) is 2.42. The topological polar surface area (TPSA) is 50.9 Å². The molecule has 1 aromatic rings. The molecule has 0 atom stereocenters. The van der Waals surface area contributed by atoms with E-state index in [4.69, 9.17) is 5.73 Å². The van der Waals surface area contributed by atoms with Gasteiger partial charge in [0, 0.05) is 12.1 Å². The van der Waals surface area contributed by atoms with Crippen LogP contribution in [0.5, 0.6) is 0 Å². The Kier molecular flexibility index (Phi) is 1.90. The van der Waals surface area contributed by atoms with E-state index in [1.165, 1.54) is 47.8 Å². The molecule has 2 fully saturated rings. The summed E-state index contributed by atoms with van der Waals surface area (Å²) in [5.74, 6) is 2.37. The van der Waals surface area contributed by atoms with E-state index >= 15 is 0 Å². The van der Waals surface area contributed by atoms with E-state index < -0.39 is 0 Å². The normalized spacial score (nSPS) is 21.1. The molecule has 3 N–H and O–H groups in total. The standard InChI is InChI=1S/C10H15N3S/c11-9-8(7-3-4-7)10(14-13-9)12-5-6-1-2-6/h6-7,12H,1-5H2,(H2,11,13). The van der Waals surface area contributed by atoms with Crippen molar-refractivity contribution in [3.05, 3.63) is 5.56 Å². The van der Waals surface area contributed by atoms with Gasteiger partial charge in [-0.3, -0.25) is 0 Å². The molecule has 3 rings (SSSR count). The second-order valence-corrected chi connectivity index (χ2v) is 5.18. The summed E-state index contributed by atoms with van der Waals surface area (Å²) in [5.41, 5.74) is 7.17. The highest BCUT2D eigenvalue weighted by Crippen LogP contribution is 2.47. The summed E-state index contributed by atoms with van der Waals surface area (Å²) in [6, 6.07) is 0. The van der Waals surface area contributed by atoms with E-state index in [9.17, 15) is 0 Å². The van der Waals surface area contributed by atoms with Gasteiger partial charge in [-0.1, -0.05) is 0 Å². The van der Waals surface area contributed by atoms with E-state index in [1.54, 1.807) is 0 Å². The number of hydrogen-bond donors (Lipinski definition) is 2. The third-order valence-corrected chi connectivity index (χ3v) is 3.82. The Morgan fingerprint density at radius 3 is 2.79 bits per heavy atom. The van der Waals surface area contributed by atoms with Gasteiger partial charge in [-0.25, -0.2) is 0 Å². The number of nitrogens with one attached hydrogen (secondary N) is 1. The zero-order valence-corrected chi connectivity index (χ0v) is 8.94. The van der Waals surface area contributed by atoms with Crippen LogP contribution in [0, 0.1) is 5.92 Å². The van der Waals surface area contributed by atoms with Gasteiger partial charge in [0.15, 0.2) is 0 Å². The molecule has 3 nitrogen and oxygen atoms in total. The zero-order chi connectivity index (χ0) is 9.54. The van der Waals surface area contributed by atoms with Crippen molar-refractivity contribution in [1.29, 1.82) is 0 Å².